The van der Waals surface area contributed by atoms with Crippen LogP contribution in [0.4, 0.5) is 0 Å². The molecule has 1 atom stereocenters. The SMILES string of the molecule is COc1ccc(Cl)cc1C(=O)N1CCc2nc(C3CCNC3)ncc2C1. The van der Waals surface area contributed by atoms with Crippen molar-refractivity contribution in [2.24, 2.45) is 0 Å². The second-order valence-electron chi connectivity index (χ2n) is 6.71. The van der Waals surface area contributed by atoms with Crippen LogP contribution >= 0.6 is 11.6 Å². The lowest BCUT2D eigenvalue weighted by Crippen LogP contribution is -2.37. The zero-order valence-corrected chi connectivity index (χ0v) is 15.4. The molecule has 1 fully saturated rings. The highest BCUT2D eigenvalue weighted by Crippen LogP contribution is 2.27. The van der Waals surface area contributed by atoms with Gasteiger partial charge in [-0.05, 0) is 31.2 Å². The van der Waals surface area contributed by atoms with Gasteiger partial charge < -0.3 is 15.0 Å². The number of ether oxygens (including phenoxy) is 1. The molecule has 7 heteroatoms. The Bertz CT molecular complexity index is 836. The number of methoxy groups -OCH3 is 1. The van der Waals surface area contributed by atoms with Crippen LogP contribution < -0.4 is 10.1 Å². The molecule has 0 spiro atoms. The van der Waals surface area contributed by atoms with E-state index < -0.39 is 0 Å². The normalized spacial score (nSPS) is 19.3. The third-order valence-corrected chi connectivity index (χ3v) is 5.29. The van der Waals surface area contributed by atoms with Crippen LogP contribution in [0.25, 0.3) is 0 Å². The maximum Gasteiger partial charge on any atom is 0.257 e. The molecule has 1 aromatic carbocycles. The quantitative estimate of drug-likeness (QED) is 0.896. The maximum absolute atomic E-state index is 13.0. The van der Waals surface area contributed by atoms with Crippen LogP contribution in [0.3, 0.4) is 0 Å². The highest BCUT2D eigenvalue weighted by molar-refractivity contribution is 6.31. The molecular formula is C19H21ClN4O2. The molecule has 6 nitrogen and oxygen atoms in total. The predicted octanol–water partition coefficient (Wildman–Crippen LogP) is 2.41. The number of carbonyl (C=O) groups is 1. The zero-order valence-electron chi connectivity index (χ0n) is 14.7. The molecule has 0 aliphatic carbocycles. The number of carbonyl (C=O) groups excluding carboxylic acids is 1. The van der Waals surface area contributed by atoms with E-state index in [0.29, 0.717) is 35.3 Å². The lowest BCUT2D eigenvalue weighted by molar-refractivity contribution is 0.0729. The molecule has 1 aromatic heterocycles. The molecule has 3 heterocycles. The van der Waals surface area contributed by atoms with Crippen LogP contribution in [-0.2, 0) is 13.0 Å². The number of nitrogens with one attached hydrogen (secondary N) is 1. The van der Waals surface area contributed by atoms with Crippen molar-refractivity contribution in [3.8, 4) is 5.75 Å². The molecule has 2 aliphatic rings. The van der Waals surface area contributed by atoms with E-state index in [2.05, 4.69) is 10.3 Å². The zero-order chi connectivity index (χ0) is 18.1. The first kappa shape index (κ1) is 17.2. The monoisotopic (exact) mass is 372 g/mol. The van der Waals surface area contributed by atoms with Crippen LogP contribution in [-0.4, -0.2) is 47.5 Å². The molecule has 0 saturated carbocycles. The van der Waals surface area contributed by atoms with Gasteiger partial charge in [0, 0.05) is 48.8 Å². The molecule has 4 rings (SSSR count). The Balaban J connectivity index is 1.55. The first-order chi connectivity index (χ1) is 12.7. The van der Waals surface area contributed by atoms with E-state index in [1.807, 2.05) is 6.20 Å². The van der Waals surface area contributed by atoms with Crippen LogP contribution in [0.2, 0.25) is 5.02 Å². The van der Waals surface area contributed by atoms with Crippen molar-refractivity contribution in [3.63, 3.8) is 0 Å². The smallest absolute Gasteiger partial charge is 0.257 e. The molecule has 0 radical (unpaired) electrons. The number of rotatable bonds is 3. The minimum atomic E-state index is -0.0842. The summed E-state index contributed by atoms with van der Waals surface area (Å²) in [6, 6.07) is 5.10. The Hall–Kier alpha value is -2.18. The topological polar surface area (TPSA) is 67.3 Å². The minimum Gasteiger partial charge on any atom is -0.496 e. The van der Waals surface area contributed by atoms with Crippen molar-refractivity contribution in [2.75, 3.05) is 26.7 Å². The van der Waals surface area contributed by atoms with Gasteiger partial charge in [-0.2, -0.15) is 0 Å². The van der Waals surface area contributed by atoms with Gasteiger partial charge in [0.05, 0.1) is 18.4 Å². The molecule has 1 saturated heterocycles. The molecule has 2 aliphatic heterocycles. The third-order valence-electron chi connectivity index (χ3n) is 5.06. The van der Waals surface area contributed by atoms with Crippen molar-refractivity contribution < 1.29 is 9.53 Å². The average molecular weight is 373 g/mol. The molecule has 26 heavy (non-hydrogen) atoms. The lowest BCUT2D eigenvalue weighted by atomic mass is 10.0. The van der Waals surface area contributed by atoms with Gasteiger partial charge >= 0.3 is 0 Å². The van der Waals surface area contributed by atoms with E-state index in [1.165, 1.54) is 0 Å². The average Bonchev–Trinajstić information content (AvgIpc) is 3.21. The summed E-state index contributed by atoms with van der Waals surface area (Å²) in [7, 11) is 1.55. The maximum atomic E-state index is 13.0. The predicted molar refractivity (Wildman–Crippen MR) is 98.7 cm³/mol. The van der Waals surface area contributed by atoms with E-state index in [9.17, 15) is 4.79 Å². The third kappa shape index (κ3) is 3.27. The van der Waals surface area contributed by atoms with Gasteiger partial charge in [0.25, 0.3) is 5.91 Å². The van der Waals surface area contributed by atoms with E-state index in [1.54, 1.807) is 30.2 Å². The van der Waals surface area contributed by atoms with Gasteiger partial charge in [-0.1, -0.05) is 11.6 Å². The first-order valence-corrected chi connectivity index (χ1v) is 9.21. The van der Waals surface area contributed by atoms with Crippen LogP contribution in [0.5, 0.6) is 5.75 Å². The van der Waals surface area contributed by atoms with E-state index in [-0.39, 0.29) is 5.91 Å². The van der Waals surface area contributed by atoms with Crippen LogP contribution in [0, 0.1) is 0 Å². The summed E-state index contributed by atoms with van der Waals surface area (Å²) in [5.74, 6) is 1.77. The fourth-order valence-electron chi connectivity index (χ4n) is 3.59. The van der Waals surface area contributed by atoms with Crippen molar-refractivity contribution >= 4 is 17.5 Å². The van der Waals surface area contributed by atoms with Crippen LogP contribution in [0.15, 0.2) is 24.4 Å². The number of halogens is 1. The number of hydrogen-bond acceptors (Lipinski definition) is 5. The van der Waals surface area contributed by atoms with Crippen LogP contribution in [0.1, 0.15) is 39.8 Å². The molecule has 0 bridgehead atoms. The Morgan fingerprint density at radius 3 is 3.08 bits per heavy atom. The van der Waals surface area contributed by atoms with Gasteiger partial charge in [-0.25, -0.2) is 9.97 Å². The van der Waals surface area contributed by atoms with Gasteiger partial charge in [0.1, 0.15) is 11.6 Å². The Morgan fingerprint density at radius 2 is 2.31 bits per heavy atom. The Kier molecular flexibility index (Phi) is 4.78. The second kappa shape index (κ2) is 7.21. The van der Waals surface area contributed by atoms with E-state index in [0.717, 1.165) is 43.0 Å². The van der Waals surface area contributed by atoms with Gasteiger partial charge in [0.15, 0.2) is 0 Å². The number of benzene rings is 1. The van der Waals surface area contributed by atoms with Crippen molar-refractivity contribution in [3.05, 3.63) is 52.1 Å². The largest absolute Gasteiger partial charge is 0.496 e. The van der Waals surface area contributed by atoms with Crippen molar-refractivity contribution in [2.45, 2.75) is 25.3 Å². The van der Waals surface area contributed by atoms with Crippen molar-refractivity contribution in [1.29, 1.82) is 0 Å². The van der Waals surface area contributed by atoms with Gasteiger partial charge in [0.2, 0.25) is 0 Å². The molecule has 2 aromatic rings. The number of amides is 1. The summed E-state index contributed by atoms with van der Waals surface area (Å²) in [6.45, 7) is 3.10. The highest BCUT2D eigenvalue weighted by atomic mass is 35.5. The summed E-state index contributed by atoms with van der Waals surface area (Å²) in [5, 5.41) is 3.87. The Morgan fingerprint density at radius 1 is 1.42 bits per heavy atom. The van der Waals surface area contributed by atoms with Gasteiger partial charge in [-0.3, -0.25) is 4.79 Å². The number of nitrogens with zero attached hydrogens (tertiary/aromatic N) is 3. The summed E-state index contributed by atoms with van der Waals surface area (Å²) in [5.41, 5.74) is 2.56. The molecule has 1 amide bonds. The second-order valence-corrected chi connectivity index (χ2v) is 7.15. The summed E-state index contributed by atoms with van der Waals surface area (Å²) in [6.07, 6.45) is 3.70. The standard InChI is InChI=1S/C19H21ClN4O2/c1-26-17-3-2-14(20)8-15(17)19(25)24-7-5-16-13(11-24)10-22-18(23-16)12-4-6-21-9-12/h2-3,8,10,12,21H,4-7,9,11H2,1H3. The first-order valence-electron chi connectivity index (χ1n) is 8.84. The number of fused-ring (bicyclic) bond motifs is 1. The molecule has 136 valence electrons. The minimum absolute atomic E-state index is 0.0842. The fourth-order valence-corrected chi connectivity index (χ4v) is 3.77. The van der Waals surface area contributed by atoms with Gasteiger partial charge in [-0.15, -0.1) is 0 Å². The Labute approximate surface area is 157 Å². The molecular weight excluding hydrogens is 352 g/mol. The highest BCUT2D eigenvalue weighted by Gasteiger charge is 2.27. The summed E-state index contributed by atoms with van der Waals surface area (Å²) >= 11 is 6.07. The number of aromatic nitrogens is 2. The summed E-state index contributed by atoms with van der Waals surface area (Å²) < 4.78 is 5.32. The number of hydrogen-bond donors (Lipinski definition) is 1. The van der Waals surface area contributed by atoms with E-state index in [4.69, 9.17) is 21.3 Å². The van der Waals surface area contributed by atoms with E-state index >= 15 is 0 Å². The lowest BCUT2D eigenvalue weighted by Gasteiger charge is -2.29. The fraction of sp³-hybridized carbons (Fsp3) is 0.421. The summed E-state index contributed by atoms with van der Waals surface area (Å²) in [4.78, 5) is 24.1. The van der Waals surface area contributed by atoms with Crippen molar-refractivity contribution in [1.82, 2.24) is 20.2 Å². The molecule has 1 N–H and O–H groups in total. The molecule has 1 unspecified atom stereocenters.